The number of ether oxygens (including phenoxy) is 1. The molecule has 2 aromatic rings. The molecule has 0 N–H and O–H groups in total. The Morgan fingerprint density at radius 3 is 2.60 bits per heavy atom. The van der Waals surface area contributed by atoms with Gasteiger partial charge in [-0.05, 0) is 43.3 Å². The van der Waals surface area contributed by atoms with Crippen molar-refractivity contribution in [3.8, 4) is 17.6 Å². The Morgan fingerprint density at radius 1 is 1.12 bits per heavy atom. The second-order valence-corrected chi connectivity index (χ2v) is 6.58. The molecule has 1 aliphatic heterocycles. The predicted octanol–water partition coefficient (Wildman–Crippen LogP) is 4.07. The van der Waals surface area contributed by atoms with Crippen molar-refractivity contribution >= 4 is 0 Å². The fraction of sp³-hybridized carbons (Fsp3) is 0.381. The van der Waals surface area contributed by atoms with Gasteiger partial charge < -0.3 is 9.64 Å². The first-order chi connectivity index (χ1) is 12.2. The Bertz CT molecular complexity index is 725. The molecular formula is C21H25N3O. The van der Waals surface area contributed by atoms with Gasteiger partial charge >= 0.3 is 0 Å². The van der Waals surface area contributed by atoms with Crippen LogP contribution in [0, 0.1) is 11.3 Å². The maximum absolute atomic E-state index is 9.85. The average Bonchev–Trinajstić information content (AvgIpc) is 2.64. The highest BCUT2D eigenvalue weighted by molar-refractivity contribution is 5.36. The van der Waals surface area contributed by atoms with Crippen LogP contribution in [0.1, 0.15) is 24.9 Å². The number of benzene rings is 2. The van der Waals surface area contributed by atoms with Gasteiger partial charge in [0, 0.05) is 25.7 Å². The molecule has 0 amide bonds. The highest BCUT2D eigenvalue weighted by Crippen LogP contribution is 2.30. The van der Waals surface area contributed by atoms with Crippen LogP contribution >= 0.6 is 0 Å². The largest absolute Gasteiger partial charge is 0.457 e. The quantitative estimate of drug-likeness (QED) is 0.826. The fourth-order valence-electron chi connectivity index (χ4n) is 3.44. The van der Waals surface area contributed by atoms with Crippen LogP contribution < -0.4 is 4.74 Å². The molecule has 0 radical (unpaired) electrons. The molecule has 2 unspecified atom stereocenters. The van der Waals surface area contributed by atoms with E-state index in [0.29, 0.717) is 6.04 Å². The summed E-state index contributed by atoms with van der Waals surface area (Å²) in [7, 11) is 2.15. The van der Waals surface area contributed by atoms with Gasteiger partial charge in [-0.3, -0.25) is 4.90 Å². The van der Waals surface area contributed by atoms with Crippen LogP contribution in [0.5, 0.6) is 11.5 Å². The van der Waals surface area contributed by atoms with Gasteiger partial charge in [-0.25, -0.2) is 0 Å². The number of hydrogen-bond donors (Lipinski definition) is 0. The van der Waals surface area contributed by atoms with E-state index in [-0.39, 0.29) is 6.04 Å². The maximum Gasteiger partial charge on any atom is 0.127 e. The molecule has 4 heteroatoms. The van der Waals surface area contributed by atoms with Gasteiger partial charge in [-0.2, -0.15) is 5.26 Å². The van der Waals surface area contributed by atoms with E-state index < -0.39 is 0 Å². The summed E-state index contributed by atoms with van der Waals surface area (Å²) < 4.78 is 5.94. The van der Waals surface area contributed by atoms with E-state index in [9.17, 15) is 5.26 Å². The van der Waals surface area contributed by atoms with Crippen LogP contribution in [-0.4, -0.2) is 42.5 Å². The Morgan fingerprint density at radius 2 is 1.88 bits per heavy atom. The highest BCUT2D eigenvalue weighted by atomic mass is 16.5. The molecule has 2 atom stereocenters. The zero-order valence-corrected chi connectivity index (χ0v) is 14.9. The lowest BCUT2D eigenvalue weighted by molar-refractivity contribution is 0.0675. The molecule has 1 aliphatic rings. The SMILES string of the molecule is CCC1CN(C)CCN1C(C#N)c1cccc(Oc2ccccc2)c1. The summed E-state index contributed by atoms with van der Waals surface area (Å²) in [5.41, 5.74) is 0.999. The molecule has 0 bridgehead atoms. The summed E-state index contributed by atoms with van der Waals surface area (Å²) in [5.74, 6) is 1.57. The third-order valence-corrected chi connectivity index (χ3v) is 4.81. The molecule has 3 rings (SSSR count). The van der Waals surface area contributed by atoms with Crippen molar-refractivity contribution in [1.82, 2.24) is 9.80 Å². The van der Waals surface area contributed by atoms with Crippen molar-refractivity contribution in [3.63, 3.8) is 0 Å². The number of hydrogen-bond acceptors (Lipinski definition) is 4. The summed E-state index contributed by atoms with van der Waals surface area (Å²) in [6, 6.07) is 20.3. The fourth-order valence-corrected chi connectivity index (χ4v) is 3.44. The average molecular weight is 335 g/mol. The molecule has 0 aromatic heterocycles. The molecule has 0 aliphatic carbocycles. The van der Waals surface area contributed by atoms with Crippen LogP contribution in [0.3, 0.4) is 0 Å². The standard InChI is InChI=1S/C21H25N3O/c1-3-18-16-23(2)12-13-24(18)21(15-22)17-8-7-11-20(14-17)25-19-9-5-4-6-10-19/h4-11,14,18,21H,3,12-13,16H2,1-2H3. The Hall–Kier alpha value is -2.35. The molecule has 1 heterocycles. The minimum Gasteiger partial charge on any atom is -0.457 e. The minimum atomic E-state index is -0.238. The van der Waals surface area contributed by atoms with E-state index in [1.165, 1.54) is 0 Å². The van der Waals surface area contributed by atoms with Gasteiger partial charge in [0.25, 0.3) is 0 Å². The Labute approximate surface area is 150 Å². The van der Waals surface area contributed by atoms with E-state index in [1.54, 1.807) is 0 Å². The van der Waals surface area contributed by atoms with Crippen molar-refractivity contribution in [2.45, 2.75) is 25.4 Å². The topological polar surface area (TPSA) is 39.5 Å². The molecule has 25 heavy (non-hydrogen) atoms. The van der Waals surface area contributed by atoms with Crippen molar-refractivity contribution in [1.29, 1.82) is 5.26 Å². The molecule has 130 valence electrons. The van der Waals surface area contributed by atoms with Gasteiger partial charge in [0.15, 0.2) is 0 Å². The van der Waals surface area contributed by atoms with Crippen molar-refractivity contribution in [3.05, 3.63) is 60.2 Å². The van der Waals surface area contributed by atoms with E-state index in [4.69, 9.17) is 4.74 Å². The number of nitrogens with zero attached hydrogens (tertiary/aromatic N) is 3. The third kappa shape index (κ3) is 4.19. The smallest absolute Gasteiger partial charge is 0.127 e. The van der Waals surface area contributed by atoms with Crippen LogP contribution in [0.25, 0.3) is 0 Å². The molecule has 0 spiro atoms. The van der Waals surface area contributed by atoms with Crippen LogP contribution in [0.2, 0.25) is 0 Å². The van der Waals surface area contributed by atoms with Crippen LogP contribution in [-0.2, 0) is 0 Å². The van der Waals surface area contributed by atoms with Crippen LogP contribution in [0.4, 0.5) is 0 Å². The summed E-state index contributed by atoms with van der Waals surface area (Å²) in [4.78, 5) is 4.68. The first-order valence-electron chi connectivity index (χ1n) is 8.88. The number of likely N-dealkylation sites (N-methyl/N-ethyl adjacent to an activating group) is 1. The van der Waals surface area contributed by atoms with Gasteiger partial charge in [-0.15, -0.1) is 0 Å². The predicted molar refractivity (Wildman–Crippen MR) is 99.6 cm³/mol. The number of para-hydroxylation sites is 1. The lowest BCUT2D eigenvalue weighted by atomic mass is 10.0. The van der Waals surface area contributed by atoms with E-state index in [1.807, 2.05) is 54.6 Å². The van der Waals surface area contributed by atoms with Crippen LogP contribution in [0.15, 0.2) is 54.6 Å². The molecule has 0 saturated carbocycles. The van der Waals surface area contributed by atoms with Crippen molar-refractivity contribution < 1.29 is 4.74 Å². The zero-order valence-electron chi connectivity index (χ0n) is 14.9. The van der Waals surface area contributed by atoms with E-state index in [2.05, 4.69) is 29.8 Å². The zero-order chi connectivity index (χ0) is 17.6. The Balaban J connectivity index is 1.81. The lowest BCUT2D eigenvalue weighted by Crippen LogP contribution is -2.52. The summed E-state index contributed by atoms with van der Waals surface area (Å²) in [6.45, 7) is 5.11. The molecule has 1 saturated heterocycles. The second-order valence-electron chi connectivity index (χ2n) is 6.58. The van der Waals surface area contributed by atoms with E-state index >= 15 is 0 Å². The molecule has 1 fully saturated rings. The number of nitriles is 1. The van der Waals surface area contributed by atoms with Crippen molar-refractivity contribution in [2.24, 2.45) is 0 Å². The van der Waals surface area contributed by atoms with Gasteiger partial charge in [0.05, 0.1) is 6.07 Å². The monoisotopic (exact) mass is 335 g/mol. The minimum absolute atomic E-state index is 0.238. The van der Waals surface area contributed by atoms with Gasteiger partial charge in [-0.1, -0.05) is 37.3 Å². The maximum atomic E-state index is 9.85. The first kappa shape index (κ1) is 17.5. The highest BCUT2D eigenvalue weighted by Gasteiger charge is 2.30. The van der Waals surface area contributed by atoms with E-state index in [0.717, 1.165) is 43.1 Å². The lowest BCUT2D eigenvalue weighted by Gasteiger charge is -2.42. The van der Waals surface area contributed by atoms with Gasteiger partial charge in [0.2, 0.25) is 0 Å². The summed E-state index contributed by atoms with van der Waals surface area (Å²) in [6.07, 6.45) is 1.04. The second kappa shape index (κ2) is 8.15. The van der Waals surface area contributed by atoms with Crippen molar-refractivity contribution in [2.75, 3.05) is 26.7 Å². The summed E-state index contributed by atoms with van der Waals surface area (Å²) in [5, 5.41) is 9.85. The molecule has 4 nitrogen and oxygen atoms in total. The number of rotatable bonds is 5. The Kier molecular flexibility index (Phi) is 5.70. The third-order valence-electron chi connectivity index (χ3n) is 4.81. The first-order valence-corrected chi connectivity index (χ1v) is 8.88. The molecular weight excluding hydrogens is 310 g/mol. The van der Waals surface area contributed by atoms with Gasteiger partial charge in [0.1, 0.15) is 17.5 Å². The number of piperazine rings is 1. The summed E-state index contributed by atoms with van der Waals surface area (Å²) >= 11 is 0. The normalized spacial score (nSPS) is 20.0. The molecule has 2 aromatic carbocycles.